The molecule has 1 aliphatic heterocycles. The number of hydrogen-bond donors (Lipinski definition) is 3. The van der Waals surface area contributed by atoms with E-state index in [2.05, 4.69) is 20.5 Å². The van der Waals surface area contributed by atoms with E-state index in [1.807, 2.05) is 31.2 Å². The predicted molar refractivity (Wildman–Crippen MR) is 114 cm³/mol. The van der Waals surface area contributed by atoms with E-state index < -0.39 is 0 Å². The molecule has 4 N–H and O–H groups in total. The Hall–Kier alpha value is -3.03. The fourth-order valence-electron chi connectivity index (χ4n) is 3.51. The molecule has 2 aromatic rings. The Morgan fingerprint density at radius 1 is 1.38 bits per heavy atom. The van der Waals surface area contributed by atoms with Crippen LogP contribution in [0.4, 0.5) is 5.82 Å². The van der Waals surface area contributed by atoms with Gasteiger partial charge < -0.3 is 25.7 Å². The average molecular weight is 399 g/mol. The van der Waals surface area contributed by atoms with Crippen LogP contribution < -0.4 is 21.3 Å². The van der Waals surface area contributed by atoms with Gasteiger partial charge in [0.05, 0.1) is 18.7 Å². The van der Waals surface area contributed by atoms with Crippen LogP contribution in [0.15, 0.2) is 46.1 Å². The first-order valence-electron chi connectivity index (χ1n) is 10.2. The number of aliphatic imine (C=N–C) groups is 1. The van der Waals surface area contributed by atoms with E-state index in [4.69, 9.17) is 15.1 Å². The highest BCUT2D eigenvalue weighted by Crippen LogP contribution is 2.24. The van der Waals surface area contributed by atoms with Crippen LogP contribution in [-0.2, 0) is 17.8 Å². The summed E-state index contributed by atoms with van der Waals surface area (Å²) in [7, 11) is 0. The number of furan rings is 1. The van der Waals surface area contributed by atoms with Crippen LogP contribution >= 0.6 is 0 Å². The molecule has 8 nitrogen and oxygen atoms in total. The third kappa shape index (κ3) is 5.97. The maximum atomic E-state index is 11.6. The van der Waals surface area contributed by atoms with E-state index in [9.17, 15) is 4.79 Å². The van der Waals surface area contributed by atoms with Crippen molar-refractivity contribution < 1.29 is 9.21 Å². The fraction of sp³-hybridized carbons (Fsp3) is 0.476. The molecule has 1 amide bonds. The molecule has 0 bridgehead atoms. The number of primary amides is 1. The second-order valence-corrected chi connectivity index (χ2v) is 7.12. The van der Waals surface area contributed by atoms with Gasteiger partial charge in [-0.2, -0.15) is 0 Å². The zero-order chi connectivity index (χ0) is 20.5. The highest BCUT2D eigenvalue weighted by molar-refractivity contribution is 5.80. The lowest BCUT2D eigenvalue weighted by molar-refractivity contribution is -0.122. The molecule has 3 heterocycles. The van der Waals surface area contributed by atoms with E-state index in [1.165, 1.54) is 0 Å². The number of hydrogen-bond acceptors (Lipinski definition) is 5. The van der Waals surface area contributed by atoms with Gasteiger partial charge in [-0.3, -0.25) is 4.79 Å². The van der Waals surface area contributed by atoms with E-state index in [0.717, 1.165) is 62.0 Å². The number of carbonyl (C=O) groups excluding carboxylic acids is 1. The Kier molecular flexibility index (Phi) is 7.49. The second kappa shape index (κ2) is 10.5. The lowest BCUT2D eigenvalue weighted by Gasteiger charge is -2.33. The molecule has 1 fully saturated rings. The lowest BCUT2D eigenvalue weighted by Crippen LogP contribution is -2.42. The van der Waals surface area contributed by atoms with Crippen LogP contribution in [0.5, 0.6) is 0 Å². The third-order valence-electron chi connectivity index (χ3n) is 4.99. The molecular weight excluding hydrogens is 368 g/mol. The van der Waals surface area contributed by atoms with Crippen molar-refractivity contribution in [2.45, 2.75) is 32.7 Å². The smallest absolute Gasteiger partial charge is 0.222 e. The van der Waals surface area contributed by atoms with Crippen molar-refractivity contribution in [3.8, 4) is 0 Å². The highest BCUT2D eigenvalue weighted by Gasteiger charge is 2.25. The van der Waals surface area contributed by atoms with Crippen molar-refractivity contribution in [1.29, 1.82) is 0 Å². The number of anilines is 1. The van der Waals surface area contributed by atoms with Gasteiger partial charge in [0.25, 0.3) is 0 Å². The lowest BCUT2D eigenvalue weighted by atomic mass is 9.97. The minimum atomic E-state index is -0.236. The third-order valence-corrected chi connectivity index (χ3v) is 4.99. The van der Waals surface area contributed by atoms with E-state index in [1.54, 1.807) is 12.5 Å². The van der Waals surface area contributed by atoms with Gasteiger partial charge in [0.2, 0.25) is 5.91 Å². The maximum Gasteiger partial charge on any atom is 0.222 e. The molecule has 2 aromatic heterocycles. The Bertz CT molecular complexity index is 805. The first-order chi connectivity index (χ1) is 14.2. The summed E-state index contributed by atoms with van der Waals surface area (Å²) in [4.78, 5) is 23.1. The Morgan fingerprint density at radius 3 is 3.03 bits per heavy atom. The molecule has 0 saturated carbocycles. The molecule has 156 valence electrons. The molecule has 0 radical (unpaired) electrons. The zero-order valence-corrected chi connectivity index (χ0v) is 16.9. The van der Waals surface area contributed by atoms with Gasteiger partial charge in [0.1, 0.15) is 11.6 Å². The summed E-state index contributed by atoms with van der Waals surface area (Å²) in [6.45, 7) is 5.53. The quantitative estimate of drug-likeness (QED) is 0.461. The number of rotatable bonds is 8. The van der Waals surface area contributed by atoms with Crippen LogP contribution in [0.2, 0.25) is 0 Å². The molecule has 0 aromatic carbocycles. The molecule has 29 heavy (non-hydrogen) atoms. The number of carbonyl (C=O) groups is 1. The van der Waals surface area contributed by atoms with Crippen molar-refractivity contribution >= 4 is 17.7 Å². The van der Waals surface area contributed by atoms with Crippen molar-refractivity contribution in [3.05, 3.63) is 48.0 Å². The summed E-state index contributed by atoms with van der Waals surface area (Å²) in [5, 5.41) is 6.60. The molecule has 8 heteroatoms. The molecule has 0 spiro atoms. The number of nitrogens with zero attached hydrogens (tertiary/aromatic N) is 3. The number of guanidine groups is 1. The van der Waals surface area contributed by atoms with Crippen molar-refractivity contribution in [1.82, 2.24) is 15.6 Å². The van der Waals surface area contributed by atoms with Gasteiger partial charge >= 0.3 is 0 Å². The van der Waals surface area contributed by atoms with Gasteiger partial charge in [-0.05, 0) is 38.0 Å². The number of nitrogens with two attached hydrogens (primary N) is 1. The maximum absolute atomic E-state index is 11.6. The van der Waals surface area contributed by atoms with Gasteiger partial charge in [-0.1, -0.05) is 6.07 Å². The first kappa shape index (κ1) is 20.7. The van der Waals surface area contributed by atoms with Crippen LogP contribution in [0.1, 0.15) is 31.1 Å². The van der Waals surface area contributed by atoms with Gasteiger partial charge in [-0.15, -0.1) is 0 Å². The molecular formula is C21H30N6O2. The number of amides is 1. The minimum Gasteiger partial charge on any atom is -0.469 e. The van der Waals surface area contributed by atoms with Crippen molar-refractivity contribution in [2.24, 2.45) is 16.6 Å². The second-order valence-electron chi connectivity index (χ2n) is 7.12. The number of pyridine rings is 1. The summed E-state index contributed by atoms with van der Waals surface area (Å²) < 4.78 is 5.37. The number of nitrogens with one attached hydrogen (secondary N) is 2. The molecule has 1 saturated heterocycles. The minimum absolute atomic E-state index is 0.123. The van der Waals surface area contributed by atoms with Crippen molar-refractivity contribution in [2.75, 3.05) is 31.1 Å². The SMILES string of the molecule is CCNC(=NCc1cccnc1N1CCCC(C(N)=O)C1)NCCc1ccco1. The van der Waals surface area contributed by atoms with Gasteiger partial charge in [0.15, 0.2) is 5.96 Å². The topological polar surface area (TPSA) is 109 Å². The normalized spacial score (nSPS) is 17.2. The summed E-state index contributed by atoms with van der Waals surface area (Å²) >= 11 is 0. The first-order valence-corrected chi connectivity index (χ1v) is 10.2. The zero-order valence-electron chi connectivity index (χ0n) is 16.9. The van der Waals surface area contributed by atoms with E-state index in [0.29, 0.717) is 13.1 Å². The number of aromatic nitrogens is 1. The standard InChI is InChI=1S/C21H30N6O2/c1-2-23-21(25-11-9-18-8-5-13-29-18)26-14-16-6-3-10-24-20(16)27-12-4-7-17(15-27)19(22)28/h3,5-6,8,10,13,17H,2,4,7,9,11-12,14-15H2,1H3,(H2,22,28)(H2,23,25,26). The van der Waals surface area contributed by atoms with Crippen molar-refractivity contribution in [3.63, 3.8) is 0 Å². The Balaban J connectivity index is 1.65. The summed E-state index contributed by atoms with van der Waals surface area (Å²) in [5.41, 5.74) is 6.56. The fourth-order valence-corrected chi connectivity index (χ4v) is 3.51. The van der Waals surface area contributed by atoms with Crippen LogP contribution in [0, 0.1) is 5.92 Å². The summed E-state index contributed by atoms with van der Waals surface area (Å²) in [6, 6.07) is 7.81. The molecule has 1 atom stereocenters. The monoisotopic (exact) mass is 398 g/mol. The van der Waals surface area contributed by atoms with E-state index in [-0.39, 0.29) is 11.8 Å². The summed E-state index contributed by atoms with van der Waals surface area (Å²) in [6.07, 6.45) is 6.03. The largest absolute Gasteiger partial charge is 0.469 e. The Morgan fingerprint density at radius 2 is 2.28 bits per heavy atom. The van der Waals surface area contributed by atoms with Crippen LogP contribution in [0.3, 0.4) is 0 Å². The van der Waals surface area contributed by atoms with Crippen LogP contribution in [0.25, 0.3) is 0 Å². The molecule has 1 unspecified atom stereocenters. The van der Waals surface area contributed by atoms with Gasteiger partial charge in [0, 0.05) is 44.4 Å². The van der Waals surface area contributed by atoms with E-state index >= 15 is 0 Å². The summed E-state index contributed by atoms with van der Waals surface area (Å²) in [5.74, 6) is 2.22. The molecule has 3 rings (SSSR count). The molecule has 0 aliphatic carbocycles. The predicted octanol–water partition coefficient (Wildman–Crippen LogP) is 1.67. The Labute approximate surface area is 171 Å². The highest BCUT2D eigenvalue weighted by atomic mass is 16.3. The van der Waals surface area contributed by atoms with Gasteiger partial charge in [-0.25, -0.2) is 9.98 Å². The number of piperidine rings is 1. The molecule has 1 aliphatic rings. The van der Waals surface area contributed by atoms with Crippen LogP contribution in [-0.4, -0.2) is 43.0 Å². The average Bonchev–Trinajstić information content (AvgIpc) is 3.26.